The monoisotopic (exact) mass is 249 g/mol. The predicted molar refractivity (Wildman–Crippen MR) is 73.1 cm³/mol. The second kappa shape index (κ2) is 4.81. The molecule has 0 fully saturated rings. The van der Waals surface area contributed by atoms with Crippen LogP contribution in [-0.2, 0) is 0 Å². The van der Waals surface area contributed by atoms with Crippen molar-refractivity contribution in [3.8, 4) is 11.5 Å². The summed E-state index contributed by atoms with van der Waals surface area (Å²) >= 11 is 0. The van der Waals surface area contributed by atoms with Crippen LogP contribution in [-0.4, -0.2) is 29.2 Å². The highest BCUT2D eigenvalue weighted by Crippen LogP contribution is 2.43. The molecule has 0 saturated heterocycles. The van der Waals surface area contributed by atoms with Gasteiger partial charge in [0.25, 0.3) is 0 Å². The highest BCUT2D eigenvalue weighted by molar-refractivity contribution is 5.44. The van der Waals surface area contributed by atoms with E-state index in [1.165, 1.54) is 5.56 Å². The highest BCUT2D eigenvalue weighted by Gasteiger charge is 2.35. The Hall–Kier alpha value is -1.22. The first-order valence-electron chi connectivity index (χ1n) is 6.65. The summed E-state index contributed by atoms with van der Waals surface area (Å²) in [6.45, 7) is 7.47. The van der Waals surface area contributed by atoms with Gasteiger partial charge in [-0.3, -0.25) is 4.90 Å². The molecule has 2 rings (SSSR count). The molecule has 0 spiro atoms. The molecule has 1 heterocycles. The molecule has 1 N–H and O–H groups in total. The molecule has 1 atom stereocenters. The maximum Gasteiger partial charge on any atom is 0.128 e. The molecule has 1 aliphatic heterocycles. The number of phenols is 1. The van der Waals surface area contributed by atoms with E-state index in [-0.39, 0.29) is 11.4 Å². The first-order valence-corrected chi connectivity index (χ1v) is 6.65. The molecule has 1 aromatic carbocycles. The van der Waals surface area contributed by atoms with E-state index >= 15 is 0 Å². The van der Waals surface area contributed by atoms with E-state index in [2.05, 4.69) is 32.7 Å². The van der Waals surface area contributed by atoms with Gasteiger partial charge in [-0.25, -0.2) is 0 Å². The first-order chi connectivity index (χ1) is 8.43. The second-order valence-electron chi connectivity index (χ2n) is 5.78. The number of rotatable bonds is 3. The Morgan fingerprint density at radius 1 is 1.44 bits per heavy atom. The number of nitrogens with zero attached hydrogens (tertiary/aromatic N) is 1. The number of aromatic hydroxyl groups is 1. The Kier molecular flexibility index (Phi) is 3.53. The Bertz CT molecular complexity index is 429. The lowest BCUT2D eigenvalue weighted by Crippen LogP contribution is -2.40. The van der Waals surface area contributed by atoms with Gasteiger partial charge in [-0.15, -0.1) is 0 Å². The molecule has 0 aromatic heterocycles. The Labute approximate surface area is 109 Å². The SMILES string of the molecule is CCCN(C)C1CC(C)(C)Oc2cc(O)ccc21. The standard InChI is InChI=1S/C15H23NO2/c1-5-8-16(4)13-10-15(2,3)18-14-9-11(17)6-7-12(13)14/h6-7,9,13,17H,5,8,10H2,1-4H3. The van der Waals surface area contributed by atoms with Gasteiger partial charge in [0.1, 0.15) is 17.1 Å². The Morgan fingerprint density at radius 2 is 2.17 bits per heavy atom. The molecule has 0 saturated carbocycles. The number of benzene rings is 1. The van der Waals surface area contributed by atoms with Gasteiger partial charge in [0.2, 0.25) is 0 Å². The van der Waals surface area contributed by atoms with Crippen LogP contribution in [0.15, 0.2) is 18.2 Å². The summed E-state index contributed by atoms with van der Waals surface area (Å²) in [5.41, 5.74) is 0.996. The number of phenolic OH excluding ortho intramolecular Hbond substituents is 1. The minimum atomic E-state index is -0.187. The Balaban J connectivity index is 2.37. The summed E-state index contributed by atoms with van der Waals surface area (Å²) in [7, 11) is 2.16. The molecule has 3 heteroatoms. The fraction of sp³-hybridized carbons (Fsp3) is 0.600. The molecular weight excluding hydrogens is 226 g/mol. The van der Waals surface area contributed by atoms with E-state index < -0.39 is 0 Å². The molecule has 0 amide bonds. The molecule has 0 bridgehead atoms. The summed E-state index contributed by atoms with van der Waals surface area (Å²) in [5, 5.41) is 9.59. The minimum Gasteiger partial charge on any atom is -0.508 e. The third-order valence-corrected chi connectivity index (χ3v) is 3.54. The minimum absolute atomic E-state index is 0.187. The fourth-order valence-corrected chi connectivity index (χ4v) is 2.70. The molecular formula is C15H23NO2. The third kappa shape index (κ3) is 2.61. The Morgan fingerprint density at radius 3 is 2.83 bits per heavy atom. The van der Waals surface area contributed by atoms with Crippen LogP contribution < -0.4 is 4.74 Å². The van der Waals surface area contributed by atoms with Crippen molar-refractivity contribution in [2.45, 2.75) is 45.3 Å². The second-order valence-corrected chi connectivity index (χ2v) is 5.78. The van der Waals surface area contributed by atoms with E-state index in [0.29, 0.717) is 6.04 Å². The van der Waals surface area contributed by atoms with Crippen LogP contribution >= 0.6 is 0 Å². The largest absolute Gasteiger partial charge is 0.508 e. The zero-order chi connectivity index (χ0) is 13.3. The van der Waals surface area contributed by atoms with Gasteiger partial charge in [-0.1, -0.05) is 13.0 Å². The lowest BCUT2D eigenvalue weighted by atomic mass is 9.88. The highest BCUT2D eigenvalue weighted by atomic mass is 16.5. The van der Waals surface area contributed by atoms with Gasteiger partial charge >= 0.3 is 0 Å². The summed E-state index contributed by atoms with van der Waals surface area (Å²) in [6, 6.07) is 5.82. The zero-order valence-electron chi connectivity index (χ0n) is 11.7. The fourth-order valence-electron chi connectivity index (χ4n) is 2.70. The van der Waals surface area contributed by atoms with Gasteiger partial charge in [0.15, 0.2) is 0 Å². The van der Waals surface area contributed by atoms with Crippen molar-refractivity contribution in [2.75, 3.05) is 13.6 Å². The lowest BCUT2D eigenvalue weighted by molar-refractivity contribution is 0.0371. The average Bonchev–Trinajstić information content (AvgIpc) is 2.26. The topological polar surface area (TPSA) is 32.7 Å². The number of fused-ring (bicyclic) bond motifs is 1. The summed E-state index contributed by atoms with van der Waals surface area (Å²) < 4.78 is 5.97. The molecule has 1 unspecified atom stereocenters. The molecule has 18 heavy (non-hydrogen) atoms. The van der Waals surface area contributed by atoms with Gasteiger partial charge in [-0.2, -0.15) is 0 Å². The normalized spacial score (nSPS) is 21.5. The van der Waals surface area contributed by atoms with Crippen LogP contribution in [0.1, 0.15) is 45.2 Å². The van der Waals surface area contributed by atoms with Crippen LogP contribution in [0.3, 0.4) is 0 Å². The smallest absolute Gasteiger partial charge is 0.128 e. The van der Waals surface area contributed by atoms with Crippen LogP contribution in [0.2, 0.25) is 0 Å². The van der Waals surface area contributed by atoms with Crippen LogP contribution in [0.5, 0.6) is 11.5 Å². The van der Waals surface area contributed by atoms with E-state index in [9.17, 15) is 5.11 Å². The number of hydrogen-bond donors (Lipinski definition) is 1. The molecule has 3 nitrogen and oxygen atoms in total. The summed E-state index contributed by atoms with van der Waals surface area (Å²) in [5.74, 6) is 1.09. The predicted octanol–water partition coefficient (Wildman–Crippen LogP) is 3.34. The van der Waals surface area contributed by atoms with Crippen molar-refractivity contribution in [2.24, 2.45) is 0 Å². The summed E-state index contributed by atoms with van der Waals surface area (Å²) in [4.78, 5) is 2.38. The van der Waals surface area contributed by atoms with Crippen molar-refractivity contribution in [3.05, 3.63) is 23.8 Å². The van der Waals surface area contributed by atoms with Gasteiger partial charge in [-0.05, 0) is 39.9 Å². The van der Waals surface area contributed by atoms with Crippen molar-refractivity contribution >= 4 is 0 Å². The lowest BCUT2D eigenvalue weighted by Gasteiger charge is -2.41. The maximum absolute atomic E-state index is 9.59. The third-order valence-electron chi connectivity index (χ3n) is 3.54. The van der Waals surface area contributed by atoms with Crippen LogP contribution in [0.25, 0.3) is 0 Å². The van der Waals surface area contributed by atoms with Crippen LogP contribution in [0, 0.1) is 0 Å². The molecule has 0 radical (unpaired) electrons. The maximum atomic E-state index is 9.59. The number of ether oxygens (including phenoxy) is 1. The first kappa shape index (κ1) is 13.2. The van der Waals surface area contributed by atoms with Gasteiger partial charge in [0, 0.05) is 24.1 Å². The van der Waals surface area contributed by atoms with E-state index in [0.717, 1.165) is 25.1 Å². The molecule has 0 aliphatic carbocycles. The van der Waals surface area contributed by atoms with Gasteiger partial charge in [0.05, 0.1) is 0 Å². The van der Waals surface area contributed by atoms with Gasteiger partial charge < -0.3 is 9.84 Å². The van der Waals surface area contributed by atoms with Crippen molar-refractivity contribution in [1.29, 1.82) is 0 Å². The van der Waals surface area contributed by atoms with E-state index in [1.54, 1.807) is 12.1 Å². The molecule has 1 aliphatic rings. The van der Waals surface area contributed by atoms with Crippen molar-refractivity contribution in [3.63, 3.8) is 0 Å². The molecule has 100 valence electrons. The zero-order valence-corrected chi connectivity index (χ0v) is 11.7. The van der Waals surface area contributed by atoms with Crippen LogP contribution in [0.4, 0.5) is 0 Å². The quantitative estimate of drug-likeness (QED) is 0.891. The molecule has 1 aromatic rings. The summed E-state index contributed by atoms with van der Waals surface area (Å²) in [6.07, 6.45) is 2.11. The van der Waals surface area contributed by atoms with E-state index in [4.69, 9.17) is 4.74 Å². The van der Waals surface area contributed by atoms with Crippen molar-refractivity contribution < 1.29 is 9.84 Å². The van der Waals surface area contributed by atoms with Crippen molar-refractivity contribution in [1.82, 2.24) is 4.90 Å². The van der Waals surface area contributed by atoms with E-state index in [1.807, 2.05) is 6.07 Å². The number of hydrogen-bond acceptors (Lipinski definition) is 3. The average molecular weight is 249 g/mol.